The number of ether oxygens (including phenoxy) is 1. The Bertz CT molecular complexity index is 315. The predicted octanol–water partition coefficient (Wildman–Crippen LogP) is 1.85. The maximum Gasteiger partial charge on any atom is 0.220 e. The van der Waals surface area contributed by atoms with E-state index in [1.54, 1.807) is 6.26 Å². The first-order valence-corrected chi connectivity index (χ1v) is 5.75. The van der Waals surface area contributed by atoms with Crippen LogP contribution in [0, 0.1) is 0 Å². The quantitative estimate of drug-likeness (QED) is 0.828. The maximum absolute atomic E-state index is 11.5. The standard InChI is InChI=1S/C12H17NO3/c14-12(6-5-10-3-1-7-15-10)13-9-11-4-2-8-16-11/h2,4,8,10H,1,3,5-7,9H2,(H,13,14). The number of furan rings is 1. The molecule has 1 fully saturated rings. The number of amides is 1. The van der Waals surface area contributed by atoms with Crippen LogP contribution in [-0.4, -0.2) is 18.6 Å². The van der Waals surface area contributed by atoms with E-state index in [2.05, 4.69) is 5.32 Å². The molecule has 88 valence electrons. The number of hydrogen-bond acceptors (Lipinski definition) is 3. The highest BCUT2D eigenvalue weighted by Gasteiger charge is 2.16. The molecule has 0 radical (unpaired) electrons. The highest BCUT2D eigenvalue weighted by molar-refractivity contribution is 5.75. The van der Waals surface area contributed by atoms with E-state index >= 15 is 0 Å². The Hall–Kier alpha value is -1.29. The van der Waals surface area contributed by atoms with Crippen molar-refractivity contribution in [2.75, 3.05) is 6.61 Å². The summed E-state index contributed by atoms with van der Waals surface area (Å²) in [4.78, 5) is 11.5. The average Bonchev–Trinajstić information content (AvgIpc) is 2.96. The lowest BCUT2D eigenvalue weighted by Gasteiger charge is -2.08. The number of carbonyl (C=O) groups is 1. The fourth-order valence-corrected chi connectivity index (χ4v) is 1.85. The molecule has 1 aliphatic heterocycles. The van der Waals surface area contributed by atoms with Gasteiger partial charge in [-0.05, 0) is 31.4 Å². The molecule has 2 rings (SSSR count). The van der Waals surface area contributed by atoms with Crippen molar-refractivity contribution in [1.82, 2.24) is 5.32 Å². The average molecular weight is 223 g/mol. The van der Waals surface area contributed by atoms with Gasteiger partial charge in [-0.15, -0.1) is 0 Å². The van der Waals surface area contributed by atoms with Gasteiger partial charge in [-0.1, -0.05) is 0 Å². The van der Waals surface area contributed by atoms with Crippen LogP contribution >= 0.6 is 0 Å². The highest BCUT2D eigenvalue weighted by Crippen LogP contribution is 2.16. The minimum Gasteiger partial charge on any atom is -0.467 e. The van der Waals surface area contributed by atoms with E-state index in [0.717, 1.165) is 31.6 Å². The van der Waals surface area contributed by atoms with Crippen molar-refractivity contribution in [1.29, 1.82) is 0 Å². The van der Waals surface area contributed by atoms with Crippen molar-refractivity contribution in [3.05, 3.63) is 24.2 Å². The lowest BCUT2D eigenvalue weighted by Crippen LogP contribution is -2.23. The Morgan fingerprint density at radius 2 is 2.50 bits per heavy atom. The zero-order valence-electron chi connectivity index (χ0n) is 9.28. The van der Waals surface area contributed by atoms with Gasteiger partial charge in [0.15, 0.2) is 0 Å². The maximum atomic E-state index is 11.5. The molecule has 4 heteroatoms. The van der Waals surface area contributed by atoms with Crippen molar-refractivity contribution in [3.63, 3.8) is 0 Å². The van der Waals surface area contributed by atoms with Crippen LogP contribution in [0.2, 0.25) is 0 Å². The third-order valence-electron chi connectivity index (χ3n) is 2.76. The number of nitrogens with one attached hydrogen (secondary N) is 1. The molecule has 1 aliphatic rings. The zero-order valence-corrected chi connectivity index (χ0v) is 9.28. The summed E-state index contributed by atoms with van der Waals surface area (Å²) in [5, 5.41) is 2.82. The molecule has 0 spiro atoms. The molecule has 1 amide bonds. The third-order valence-corrected chi connectivity index (χ3v) is 2.76. The van der Waals surface area contributed by atoms with Crippen LogP contribution in [0.5, 0.6) is 0 Å². The Kier molecular flexibility index (Phi) is 3.99. The lowest BCUT2D eigenvalue weighted by molar-refractivity contribution is -0.121. The van der Waals surface area contributed by atoms with Crippen molar-refractivity contribution in [2.45, 2.75) is 38.3 Å². The molecule has 1 saturated heterocycles. The minimum atomic E-state index is 0.0619. The van der Waals surface area contributed by atoms with E-state index in [4.69, 9.17) is 9.15 Å². The number of carbonyl (C=O) groups excluding carboxylic acids is 1. The van der Waals surface area contributed by atoms with E-state index in [0.29, 0.717) is 13.0 Å². The Balaban J connectivity index is 1.60. The molecular weight excluding hydrogens is 206 g/mol. The van der Waals surface area contributed by atoms with Crippen LogP contribution in [-0.2, 0) is 16.1 Å². The van der Waals surface area contributed by atoms with E-state index < -0.39 is 0 Å². The summed E-state index contributed by atoms with van der Waals surface area (Å²) in [5.41, 5.74) is 0. The first kappa shape index (κ1) is 11.2. The van der Waals surface area contributed by atoms with Crippen LogP contribution < -0.4 is 5.32 Å². The molecule has 1 aromatic rings. The summed E-state index contributed by atoms with van der Waals surface area (Å²) in [7, 11) is 0. The van der Waals surface area contributed by atoms with Crippen molar-refractivity contribution < 1.29 is 13.9 Å². The summed E-state index contributed by atoms with van der Waals surface area (Å²) in [5.74, 6) is 0.845. The summed E-state index contributed by atoms with van der Waals surface area (Å²) in [6, 6.07) is 3.66. The van der Waals surface area contributed by atoms with Gasteiger partial charge in [-0.2, -0.15) is 0 Å². The number of rotatable bonds is 5. The molecule has 16 heavy (non-hydrogen) atoms. The van der Waals surface area contributed by atoms with E-state index in [1.165, 1.54) is 0 Å². The highest BCUT2D eigenvalue weighted by atomic mass is 16.5. The molecule has 1 unspecified atom stereocenters. The smallest absolute Gasteiger partial charge is 0.220 e. The Morgan fingerprint density at radius 1 is 1.56 bits per heavy atom. The van der Waals surface area contributed by atoms with E-state index in [-0.39, 0.29) is 12.0 Å². The largest absolute Gasteiger partial charge is 0.467 e. The summed E-state index contributed by atoms with van der Waals surface area (Å²) in [6.45, 7) is 1.32. The lowest BCUT2D eigenvalue weighted by atomic mass is 10.1. The molecule has 0 saturated carbocycles. The minimum absolute atomic E-state index is 0.0619. The van der Waals surface area contributed by atoms with Gasteiger partial charge in [-0.3, -0.25) is 4.79 Å². The third kappa shape index (κ3) is 3.38. The van der Waals surface area contributed by atoms with Gasteiger partial charge in [0.25, 0.3) is 0 Å². The molecule has 1 atom stereocenters. The molecule has 4 nitrogen and oxygen atoms in total. The SMILES string of the molecule is O=C(CCC1CCCO1)NCc1ccco1. The fraction of sp³-hybridized carbons (Fsp3) is 0.583. The molecule has 0 aliphatic carbocycles. The molecule has 1 aromatic heterocycles. The van der Waals surface area contributed by atoms with Gasteiger partial charge in [0.2, 0.25) is 5.91 Å². The van der Waals surface area contributed by atoms with Crippen molar-refractivity contribution in [3.8, 4) is 0 Å². The number of hydrogen-bond donors (Lipinski definition) is 1. The Labute approximate surface area is 95.0 Å². The van der Waals surface area contributed by atoms with Crippen LogP contribution in [0.3, 0.4) is 0 Å². The molecule has 0 bridgehead atoms. The summed E-state index contributed by atoms with van der Waals surface area (Å²) < 4.78 is 10.6. The zero-order chi connectivity index (χ0) is 11.2. The van der Waals surface area contributed by atoms with E-state index in [9.17, 15) is 4.79 Å². The van der Waals surface area contributed by atoms with E-state index in [1.807, 2.05) is 12.1 Å². The first-order chi connectivity index (χ1) is 7.84. The van der Waals surface area contributed by atoms with Gasteiger partial charge in [0, 0.05) is 13.0 Å². The topological polar surface area (TPSA) is 51.5 Å². The van der Waals surface area contributed by atoms with Crippen LogP contribution in [0.1, 0.15) is 31.4 Å². The van der Waals surface area contributed by atoms with Crippen LogP contribution in [0.15, 0.2) is 22.8 Å². The van der Waals surface area contributed by atoms with Crippen LogP contribution in [0.25, 0.3) is 0 Å². The summed E-state index contributed by atoms with van der Waals surface area (Å²) >= 11 is 0. The molecule has 0 aromatic carbocycles. The molecular formula is C12H17NO3. The first-order valence-electron chi connectivity index (χ1n) is 5.75. The second-order valence-electron chi connectivity index (χ2n) is 4.03. The fourth-order valence-electron chi connectivity index (χ4n) is 1.85. The second kappa shape index (κ2) is 5.70. The molecule has 1 N–H and O–H groups in total. The van der Waals surface area contributed by atoms with Crippen molar-refractivity contribution >= 4 is 5.91 Å². The Morgan fingerprint density at radius 3 is 3.19 bits per heavy atom. The van der Waals surface area contributed by atoms with Gasteiger partial charge >= 0.3 is 0 Å². The predicted molar refractivity (Wildman–Crippen MR) is 58.8 cm³/mol. The monoisotopic (exact) mass is 223 g/mol. The second-order valence-corrected chi connectivity index (χ2v) is 4.03. The van der Waals surface area contributed by atoms with Crippen molar-refractivity contribution in [2.24, 2.45) is 0 Å². The van der Waals surface area contributed by atoms with Gasteiger partial charge in [0.1, 0.15) is 5.76 Å². The van der Waals surface area contributed by atoms with Gasteiger partial charge < -0.3 is 14.5 Å². The normalized spacial score (nSPS) is 19.9. The molecule has 2 heterocycles. The summed E-state index contributed by atoms with van der Waals surface area (Å²) in [6.07, 6.45) is 5.46. The van der Waals surface area contributed by atoms with Gasteiger partial charge in [0.05, 0.1) is 18.9 Å². The van der Waals surface area contributed by atoms with Gasteiger partial charge in [-0.25, -0.2) is 0 Å². The van der Waals surface area contributed by atoms with Crippen LogP contribution in [0.4, 0.5) is 0 Å².